The number of piperazine rings is 1. The second-order valence-electron chi connectivity index (χ2n) is 6.85. The van der Waals surface area contributed by atoms with Crippen molar-refractivity contribution in [3.63, 3.8) is 0 Å². The van der Waals surface area contributed by atoms with E-state index in [1.165, 1.54) is 23.2 Å². The number of anilines is 1. The molecule has 148 valence electrons. The molecular weight excluding hydrogens is 383 g/mol. The zero-order valence-corrected chi connectivity index (χ0v) is 16.5. The quantitative estimate of drug-likeness (QED) is 0.848. The van der Waals surface area contributed by atoms with Crippen LogP contribution in [-0.2, 0) is 4.79 Å². The number of hydrogen-bond donors (Lipinski definition) is 1. The van der Waals surface area contributed by atoms with Crippen LogP contribution in [-0.4, -0.2) is 52.8 Å². The highest BCUT2D eigenvalue weighted by molar-refractivity contribution is 6.33. The summed E-state index contributed by atoms with van der Waals surface area (Å²) in [6, 6.07) is 5.29. The molecule has 0 spiro atoms. The number of nitrogens with zero attached hydrogens (tertiary/aromatic N) is 3. The van der Waals surface area contributed by atoms with Crippen molar-refractivity contribution in [1.29, 1.82) is 0 Å². The summed E-state index contributed by atoms with van der Waals surface area (Å²) in [5.41, 5.74) is 6.76. The summed E-state index contributed by atoms with van der Waals surface area (Å²) >= 11 is 6.02. The molecule has 2 heterocycles. The van der Waals surface area contributed by atoms with Gasteiger partial charge in [0.25, 0.3) is 5.91 Å². The first-order chi connectivity index (χ1) is 13.3. The lowest BCUT2D eigenvalue weighted by atomic mass is 10.0. The highest BCUT2D eigenvalue weighted by atomic mass is 35.5. The first-order valence-electron chi connectivity index (χ1n) is 9.10. The second-order valence-corrected chi connectivity index (χ2v) is 7.26. The molecule has 1 aliphatic rings. The fraction of sp³-hybridized carbons (Fsp3) is 0.350. The van der Waals surface area contributed by atoms with Gasteiger partial charge < -0.3 is 15.5 Å². The number of likely N-dealkylation sites (N-methyl/N-ethyl adjacent to an activating group) is 1. The normalized spacial score (nSPS) is 17.1. The zero-order chi connectivity index (χ0) is 20.4. The van der Waals surface area contributed by atoms with Crippen LogP contribution in [0.15, 0.2) is 30.5 Å². The number of aromatic nitrogens is 1. The van der Waals surface area contributed by atoms with E-state index in [2.05, 4.69) is 4.98 Å². The van der Waals surface area contributed by atoms with E-state index < -0.39 is 17.8 Å². The van der Waals surface area contributed by atoms with E-state index in [0.29, 0.717) is 30.6 Å². The first-order valence-corrected chi connectivity index (χ1v) is 9.48. The first kappa shape index (κ1) is 20.1. The maximum Gasteiger partial charge on any atom is 0.257 e. The number of carbonyl (C=O) groups is 2. The third-order valence-electron chi connectivity index (χ3n) is 4.94. The minimum Gasteiger partial charge on any atom is -0.382 e. The van der Waals surface area contributed by atoms with Crippen molar-refractivity contribution in [2.75, 3.05) is 25.9 Å². The van der Waals surface area contributed by atoms with Crippen LogP contribution in [0.25, 0.3) is 11.1 Å². The van der Waals surface area contributed by atoms with Gasteiger partial charge in [-0.2, -0.15) is 0 Å². The van der Waals surface area contributed by atoms with Gasteiger partial charge in [0.05, 0.1) is 10.6 Å². The number of hydrogen-bond acceptors (Lipinski definition) is 4. The summed E-state index contributed by atoms with van der Waals surface area (Å²) < 4.78 is 14.5. The summed E-state index contributed by atoms with van der Waals surface area (Å²) in [7, 11) is 1.71. The predicted octanol–water partition coefficient (Wildman–Crippen LogP) is 3.21. The third kappa shape index (κ3) is 3.80. The van der Waals surface area contributed by atoms with E-state index in [1.807, 2.05) is 6.92 Å². The highest BCUT2D eigenvalue weighted by Gasteiger charge is 2.36. The van der Waals surface area contributed by atoms with Gasteiger partial charge in [-0.05, 0) is 30.2 Å². The molecule has 0 aliphatic carbocycles. The van der Waals surface area contributed by atoms with Crippen LogP contribution in [0.4, 0.5) is 10.2 Å². The van der Waals surface area contributed by atoms with Gasteiger partial charge >= 0.3 is 0 Å². The molecule has 3 rings (SSSR count). The Morgan fingerprint density at radius 2 is 2.07 bits per heavy atom. The molecule has 1 fully saturated rings. The van der Waals surface area contributed by atoms with Crippen LogP contribution in [0, 0.1) is 5.82 Å². The fourth-order valence-corrected chi connectivity index (χ4v) is 3.50. The molecule has 1 aliphatic heterocycles. The van der Waals surface area contributed by atoms with Crippen LogP contribution in [0.1, 0.15) is 30.1 Å². The number of carbonyl (C=O) groups excluding carboxylic acids is 2. The molecule has 1 aromatic heterocycles. The summed E-state index contributed by atoms with van der Waals surface area (Å²) in [5, 5.41) is 0.280. The zero-order valence-electron chi connectivity index (χ0n) is 15.8. The summed E-state index contributed by atoms with van der Waals surface area (Å²) in [4.78, 5) is 32.7. The number of halogens is 2. The van der Waals surface area contributed by atoms with Gasteiger partial charge in [-0.1, -0.05) is 31.0 Å². The Morgan fingerprint density at radius 1 is 1.32 bits per heavy atom. The van der Waals surface area contributed by atoms with E-state index in [-0.39, 0.29) is 22.3 Å². The minimum absolute atomic E-state index is 0.0797. The Balaban J connectivity index is 1.97. The standard InChI is InChI=1S/C20H22ClFN4O2/c1-3-4-17-20(28)25(2)7-8-26(17)19(27)14-9-12(5-6-16(14)22)13-10-15(21)18(23)24-11-13/h5-6,9-11,17H,3-4,7-8H2,1-2H3,(H2,23,24). The van der Waals surface area contributed by atoms with E-state index in [4.69, 9.17) is 17.3 Å². The largest absolute Gasteiger partial charge is 0.382 e. The van der Waals surface area contributed by atoms with Crippen molar-refractivity contribution in [2.45, 2.75) is 25.8 Å². The van der Waals surface area contributed by atoms with Crippen LogP contribution >= 0.6 is 11.6 Å². The van der Waals surface area contributed by atoms with Crippen LogP contribution in [0.5, 0.6) is 0 Å². The van der Waals surface area contributed by atoms with Gasteiger partial charge in [-0.3, -0.25) is 9.59 Å². The molecule has 2 N–H and O–H groups in total. The Hall–Kier alpha value is -2.67. The Labute approximate surface area is 168 Å². The van der Waals surface area contributed by atoms with Gasteiger partial charge in [0.1, 0.15) is 17.7 Å². The van der Waals surface area contributed by atoms with E-state index in [0.717, 1.165) is 6.42 Å². The van der Waals surface area contributed by atoms with Crippen molar-refractivity contribution < 1.29 is 14.0 Å². The molecule has 1 aromatic carbocycles. The van der Waals surface area contributed by atoms with Crippen molar-refractivity contribution in [1.82, 2.24) is 14.8 Å². The number of benzene rings is 1. The lowest BCUT2D eigenvalue weighted by Gasteiger charge is -2.39. The number of pyridine rings is 1. The Morgan fingerprint density at radius 3 is 2.75 bits per heavy atom. The van der Waals surface area contributed by atoms with Crippen molar-refractivity contribution in [3.8, 4) is 11.1 Å². The minimum atomic E-state index is -0.634. The molecule has 1 saturated heterocycles. The maximum absolute atomic E-state index is 14.5. The highest BCUT2D eigenvalue weighted by Crippen LogP contribution is 2.28. The summed E-state index contributed by atoms with van der Waals surface area (Å²) in [6.45, 7) is 2.73. The fourth-order valence-electron chi connectivity index (χ4n) is 3.34. The van der Waals surface area contributed by atoms with Gasteiger partial charge in [0, 0.05) is 31.9 Å². The van der Waals surface area contributed by atoms with Crippen LogP contribution in [0.3, 0.4) is 0 Å². The van der Waals surface area contributed by atoms with Gasteiger partial charge in [-0.15, -0.1) is 0 Å². The Kier molecular flexibility index (Phi) is 5.84. The molecule has 2 aromatic rings. The molecule has 1 atom stereocenters. The SMILES string of the molecule is CCCC1C(=O)N(C)CCN1C(=O)c1cc(-c2cnc(N)c(Cl)c2)ccc1F. The molecule has 28 heavy (non-hydrogen) atoms. The van der Waals surface area contributed by atoms with Crippen molar-refractivity contribution >= 4 is 29.2 Å². The number of rotatable bonds is 4. The van der Waals surface area contributed by atoms with Gasteiger partial charge in [0.2, 0.25) is 5.91 Å². The second kappa shape index (κ2) is 8.14. The van der Waals surface area contributed by atoms with E-state index in [9.17, 15) is 14.0 Å². The molecule has 1 unspecified atom stereocenters. The predicted molar refractivity (Wildman–Crippen MR) is 106 cm³/mol. The Bertz CT molecular complexity index is 921. The lowest BCUT2D eigenvalue weighted by Crippen LogP contribution is -2.57. The summed E-state index contributed by atoms with van der Waals surface area (Å²) in [5.74, 6) is -1.05. The molecule has 8 heteroatoms. The van der Waals surface area contributed by atoms with E-state index in [1.54, 1.807) is 24.1 Å². The lowest BCUT2D eigenvalue weighted by molar-refractivity contribution is -0.138. The molecule has 0 bridgehead atoms. The van der Waals surface area contributed by atoms with Gasteiger partial charge in [0.15, 0.2) is 0 Å². The van der Waals surface area contributed by atoms with Gasteiger partial charge in [-0.25, -0.2) is 9.37 Å². The molecule has 2 amide bonds. The third-order valence-corrected chi connectivity index (χ3v) is 5.24. The number of nitrogen functional groups attached to an aromatic ring is 1. The molecule has 6 nitrogen and oxygen atoms in total. The average molecular weight is 405 g/mol. The topological polar surface area (TPSA) is 79.5 Å². The van der Waals surface area contributed by atoms with E-state index >= 15 is 0 Å². The molecular formula is C20H22ClFN4O2. The number of amides is 2. The monoisotopic (exact) mass is 404 g/mol. The maximum atomic E-state index is 14.5. The average Bonchev–Trinajstić information content (AvgIpc) is 2.68. The smallest absolute Gasteiger partial charge is 0.257 e. The molecule has 0 radical (unpaired) electrons. The van der Waals surface area contributed by atoms with Crippen LogP contribution in [0.2, 0.25) is 5.02 Å². The van der Waals surface area contributed by atoms with Crippen molar-refractivity contribution in [3.05, 3.63) is 46.9 Å². The summed E-state index contributed by atoms with van der Waals surface area (Å²) in [6.07, 6.45) is 2.79. The van der Waals surface area contributed by atoms with Crippen molar-refractivity contribution in [2.24, 2.45) is 0 Å². The molecule has 0 saturated carbocycles. The number of nitrogens with two attached hydrogens (primary N) is 1. The van der Waals surface area contributed by atoms with Crippen LogP contribution < -0.4 is 5.73 Å².